The molecule has 0 unspecified atom stereocenters. The molecule has 0 radical (unpaired) electrons. The molecule has 0 aliphatic carbocycles. The number of halogens is 1. The Labute approximate surface area is 119 Å². The van der Waals surface area contributed by atoms with Crippen LogP contribution in [0.15, 0.2) is 36.4 Å². The van der Waals surface area contributed by atoms with Gasteiger partial charge in [0.25, 0.3) is 5.69 Å². The van der Waals surface area contributed by atoms with Crippen molar-refractivity contribution in [3.63, 3.8) is 0 Å². The molecule has 2 aromatic rings. The van der Waals surface area contributed by atoms with Crippen molar-refractivity contribution in [3.05, 3.63) is 63.5 Å². The molecule has 7 heteroatoms. The number of rotatable bonds is 4. The molecule has 0 saturated carbocycles. The van der Waals surface area contributed by atoms with E-state index in [1.807, 2.05) is 0 Å². The lowest BCUT2D eigenvalue weighted by Crippen LogP contribution is -2.10. The topological polar surface area (TPSA) is 95.5 Å². The fourth-order valence-corrected chi connectivity index (χ4v) is 1.67. The highest BCUT2D eigenvalue weighted by Crippen LogP contribution is 2.30. The fourth-order valence-electron chi connectivity index (χ4n) is 1.67. The van der Waals surface area contributed by atoms with Crippen LogP contribution >= 0.6 is 0 Å². The monoisotopic (exact) mass is 290 g/mol. The number of nitrogens with zero attached hydrogens (tertiary/aromatic N) is 1. The molecule has 0 aliphatic heterocycles. The zero-order valence-electron chi connectivity index (χ0n) is 11.0. The van der Waals surface area contributed by atoms with Crippen molar-refractivity contribution >= 4 is 11.6 Å². The molecule has 0 fully saturated rings. The normalized spacial score (nSPS) is 10.2. The van der Waals surface area contributed by atoms with E-state index in [1.54, 1.807) is 13.0 Å². The predicted molar refractivity (Wildman–Crippen MR) is 72.8 cm³/mol. The second-order valence-corrected chi connectivity index (χ2v) is 4.32. The van der Waals surface area contributed by atoms with Crippen LogP contribution in [0.2, 0.25) is 0 Å². The molecule has 108 valence electrons. The van der Waals surface area contributed by atoms with Crippen molar-refractivity contribution in [3.8, 4) is 11.5 Å². The molecule has 21 heavy (non-hydrogen) atoms. The Morgan fingerprint density at radius 2 is 1.95 bits per heavy atom. The number of carbonyl (C=O) groups excluding carboxylic acids is 1. The van der Waals surface area contributed by atoms with Gasteiger partial charge in [-0.05, 0) is 30.7 Å². The highest BCUT2D eigenvalue weighted by molar-refractivity contribution is 5.93. The number of nitro benzene ring substituents is 1. The number of nitro groups is 1. The van der Waals surface area contributed by atoms with Crippen molar-refractivity contribution < 1.29 is 18.8 Å². The van der Waals surface area contributed by atoms with Gasteiger partial charge in [0, 0.05) is 11.6 Å². The number of amides is 1. The molecule has 0 bridgehead atoms. The Hall–Kier alpha value is -2.96. The van der Waals surface area contributed by atoms with Crippen molar-refractivity contribution in [2.75, 3.05) is 0 Å². The minimum Gasteiger partial charge on any atom is -0.454 e. The Bertz CT molecular complexity index is 731. The molecule has 0 heterocycles. The average Bonchev–Trinajstić information content (AvgIpc) is 2.42. The molecule has 2 aromatic carbocycles. The van der Waals surface area contributed by atoms with Crippen LogP contribution in [0.1, 0.15) is 15.9 Å². The van der Waals surface area contributed by atoms with Crippen molar-refractivity contribution in [1.29, 1.82) is 0 Å². The van der Waals surface area contributed by atoms with Crippen LogP contribution < -0.4 is 10.5 Å². The Morgan fingerprint density at radius 1 is 1.24 bits per heavy atom. The number of aryl methyl sites for hydroxylation is 1. The third-order valence-electron chi connectivity index (χ3n) is 2.82. The number of ether oxygens (including phenoxy) is 1. The number of non-ortho nitro benzene ring substituents is 1. The third kappa shape index (κ3) is 3.14. The molecule has 2 rings (SSSR count). The molecule has 6 nitrogen and oxygen atoms in total. The van der Waals surface area contributed by atoms with E-state index in [-0.39, 0.29) is 22.7 Å². The molecule has 2 N–H and O–H groups in total. The highest BCUT2D eigenvalue weighted by Gasteiger charge is 2.14. The van der Waals surface area contributed by atoms with Gasteiger partial charge in [-0.25, -0.2) is 4.39 Å². The maximum absolute atomic E-state index is 13.8. The van der Waals surface area contributed by atoms with Gasteiger partial charge in [0.1, 0.15) is 5.75 Å². The van der Waals surface area contributed by atoms with Gasteiger partial charge in [-0.15, -0.1) is 0 Å². The standard InChI is InChI=1S/C14H11FN2O4/c1-8-2-3-9(14(16)18)6-13(8)21-12-5-4-10(17(19)20)7-11(12)15/h2-7H,1H3,(H2,16,18). The summed E-state index contributed by atoms with van der Waals surface area (Å²) < 4.78 is 19.1. The summed E-state index contributed by atoms with van der Waals surface area (Å²) in [5.74, 6) is -1.43. The maximum atomic E-state index is 13.8. The summed E-state index contributed by atoms with van der Waals surface area (Å²) in [7, 11) is 0. The second-order valence-electron chi connectivity index (χ2n) is 4.32. The average molecular weight is 290 g/mol. The first-order valence-corrected chi connectivity index (χ1v) is 5.90. The number of hydrogen-bond acceptors (Lipinski definition) is 4. The molecule has 0 spiro atoms. The summed E-state index contributed by atoms with van der Waals surface area (Å²) in [4.78, 5) is 21.0. The molecular weight excluding hydrogens is 279 g/mol. The number of hydrogen-bond donors (Lipinski definition) is 1. The van der Waals surface area contributed by atoms with E-state index >= 15 is 0 Å². The number of carbonyl (C=O) groups is 1. The van der Waals surface area contributed by atoms with Crippen LogP contribution in [0.3, 0.4) is 0 Å². The van der Waals surface area contributed by atoms with Gasteiger partial charge in [0.15, 0.2) is 11.6 Å². The van der Waals surface area contributed by atoms with Crippen molar-refractivity contribution in [2.24, 2.45) is 5.73 Å². The summed E-state index contributed by atoms with van der Waals surface area (Å²) >= 11 is 0. The van der Waals surface area contributed by atoms with Gasteiger partial charge >= 0.3 is 0 Å². The minimum atomic E-state index is -0.868. The summed E-state index contributed by atoms with van der Waals surface area (Å²) in [6.07, 6.45) is 0. The number of nitrogens with two attached hydrogens (primary N) is 1. The number of benzene rings is 2. The first kappa shape index (κ1) is 14.4. The second kappa shape index (κ2) is 5.58. The lowest BCUT2D eigenvalue weighted by Gasteiger charge is -2.10. The van der Waals surface area contributed by atoms with Crippen LogP contribution in [-0.2, 0) is 0 Å². The van der Waals surface area contributed by atoms with E-state index < -0.39 is 16.6 Å². The van der Waals surface area contributed by atoms with Crippen LogP contribution in [0.4, 0.5) is 10.1 Å². The van der Waals surface area contributed by atoms with E-state index in [2.05, 4.69) is 0 Å². The summed E-state index contributed by atoms with van der Waals surface area (Å²) in [5.41, 5.74) is 5.68. The zero-order chi connectivity index (χ0) is 15.6. The van der Waals surface area contributed by atoms with Gasteiger partial charge in [0.05, 0.1) is 11.0 Å². The quantitative estimate of drug-likeness (QED) is 0.691. The zero-order valence-corrected chi connectivity index (χ0v) is 11.0. The minimum absolute atomic E-state index is 0.176. The first-order chi connectivity index (χ1) is 9.88. The molecule has 0 aliphatic rings. The van der Waals surface area contributed by atoms with Crippen molar-refractivity contribution in [1.82, 2.24) is 0 Å². The SMILES string of the molecule is Cc1ccc(C(N)=O)cc1Oc1ccc([N+](=O)[O-])cc1F. The molecule has 0 atom stereocenters. The smallest absolute Gasteiger partial charge is 0.272 e. The molecule has 0 aromatic heterocycles. The Morgan fingerprint density at radius 3 is 2.52 bits per heavy atom. The van der Waals surface area contributed by atoms with Gasteiger partial charge in [-0.1, -0.05) is 6.07 Å². The van der Waals surface area contributed by atoms with E-state index in [4.69, 9.17) is 10.5 Å². The predicted octanol–water partition coefficient (Wildman–Crippen LogP) is 2.93. The van der Waals surface area contributed by atoms with Crippen LogP contribution in [0.25, 0.3) is 0 Å². The van der Waals surface area contributed by atoms with Crippen LogP contribution in [0, 0.1) is 22.9 Å². The molecular formula is C14H11FN2O4. The number of primary amides is 1. The first-order valence-electron chi connectivity index (χ1n) is 5.90. The van der Waals surface area contributed by atoms with Gasteiger partial charge in [0.2, 0.25) is 5.91 Å². The summed E-state index contributed by atoms with van der Waals surface area (Å²) in [6, 6.07) is 7.58. The molecule has 1 amide bonds. The Kier molecular flexibility index (Phi) is 3.84. The van der Waals surface area contributed by atoms with E-state index in [0.717, 1.165) is 18.2 Å². The van der Waals surface area contributed by atoms with E-state index in [0.29, 0.717) is 5.56 Å². The highest BCUT2D eigenvalue weighted by atomic mass is 19.1. The van der Waals surface area contributed by atoms with Gasteiger partial charge in [-0.3, -0.25) is 14.9 Å². The van der Waals surface area contributed by atoms with E-state index in [1.165, 1.54) is 12.1 Å². The maximum Gasteiger partial charge on any atom is 0.272 e. The van der Waals surface area contributed by atoms with Crippen LogP contribution in [-0.4, -0.2) is 10.8 Å². The van der Waals surface area contributed by atoms with Crippen LogP contribution in [0.5, 0.6) is 11.5 Å². The Balaban J connectivity index is 2.36. The van der Waals surface area contributed by atoms with Gasteiger partial charge in [-0.2, -0.15) is 0 Å². The third-order valence-corrected chi connectivity index (χ3v) is 2.82. The van der Waals surface area contributed by atoms with E-state index in [9.17, 15) is 19.3 Å². The largest absolute Gasteiger partial charge is 0.454 e. The molecule has 0 saturated heterocycles. The summed E-state index contributed by atoms with van der Waals surface area (Å²) in [5, 5.41) is 10.5. The lowest BCUT2D eigenvalue weighted by molar-refractivity contribution is -0.385. The lowest BCUT2D eigenvalue weighted by atomic mass is 10.1. The summed E-state index contributed by atoms with van der Waals surface area (Å²) in [6.45, 7) is 1.71. The van der Waals surface area contributed by atoms with Crippen molar-refractivity contribution in [2.45, 2.75) is 6.92 Å². The fraction of sp³-hybridized carbons (Fsp3) is 0.0714. The van der Waals surface area contributed by atoms with Gasteiger partial charge < -0.3 is 10.5 Å².